The number of carbonyl (C=O) groups excluding carboxylic acids is 1. The Morgan fingerprint density at radius 3 is 2.79 bits per heavy atom. The maximum Gasteiger partial charge on any atom is 0.286 e. The summed E-state index contributed by atoms with van der Waals surface area (Å²) >= 11 is 1.46. The fraction of sp³-hybridized carbons (Fsp3) is 0.444. The minimum atomic E-state index is -0.164. The van der Waals surface area contributed by atoms with Crippen molar-refractivity contribution >= 4 is 28.9 Å². The first-order valence-corrected chi connectivity index (χ1v) is 8.92. The second-order valence-electron chi connectivity index (χ2n) is 6.12. The summed E-state index contributed by atoms with van der Waals surface area (Å²) in [6, 6.07) is 5.60. The molecule has 2 aliphatic heterocycles. The molecule has 2 aliphatic rings. The average molecular weight is 346 g/mol. The Labute approximate surface area is 146 Å². The summed E-state index contributed by atoms with van der Waals surface area (Å²) in [5, 5.41) is 0.832. The van der Waals surface area contributed by atoms with Gasteiger partial charge in [0, 0.05) is 13.1 Å². The SMILES string of the molecule is COc1ccc(/C=C2\SC(N3CCC[C@@H](C)C3)=NC2=O)cc1OC. The molecule has 1 fully saturated rings. The number of piperidine rings is 1. The lowest BCUT2D eigenvalue weighted by atomic mass is 10.0. The van der Waals surface area contributed by atoms with E-state index in [9.17, 15) is 4.79 Å². The minimum Gasteiger partial charge on any atom is -0.493 e. The highest BCUT2D eigenvalue weighted by Crippen LogP contribution is 2.34. The van der Waals surface area contributed by atoms with Crippen LogP contribution in [0.4, 0.5) is 0 Å². The number of methoxy groups -OCH3 is 2. The number of likely N-dealkylation sites (tertiary alicyclic amines) is 1. The highest BCUT2D eigenvalue weighted by molar-refractivity contribution is 8.18. The summed E-state index contributed by atoms with van der Waals surface area (Å²) in [5.74, 6) is 1.80. The van der Waals surface area contributed by atoms with Crippen LogP contribution in [-0.4, -0.2) is 43.3 Å². The Kier molecular flexibility index (Phi) is 5.14. The molecule has 1 atom stereocenters. The van der Waals surface area contributed by atoms with Gasteiger partial charge in [0.05, 0.1) is 19.1 Å². The lowest BCUT2D eigenvalue weighted by Crippen LogP contribution is -2.37. The smallest absolute Gasteiger partial charge is 0.286 e. The fourth-order valence-electron chi connectivity index (χ4n) is 2.99. The third kappa shape index (κ3) is 3.59. The number of hydrogen-bond acceptors (Lipinski definition) is 5. The first kappa shape index (κ1) is 16.9. The zero-order chi connectivity index (χ0) is 17.1. The molecular formula is C18H22N2O3S. The van der Waals surface area contributed by atoms with Crippen molar-refractivity contribution in [2.75, 3.05) is 27.3 Å². The molecule has 5 nitrogen and oxygen atoms in total. The molecule has 1 amide bonds. The van der Waals surface area contributed by atoms with E-state index in [2.05, 4.69) is 16.8 Å². The third-order valence-electron chi connectivity index (χ3n) is 4.24. The number of benzene rings is 1. The van der Waals surface area contributed by atoms with Gasteiger partial charge in [-0.1, -0.05) is 13.0 Å². The van der Waals surface area contributed by atoms with E-state index in [0.717, 1.165) is 30.2 Å². The number of thioether (sulfide) groups is 1. The number of carbonyl (C=O) groups is 1. The first-order chi connectivity index (χ1) is 11.6. The van der Waals surface area contributed by atoms with E-state index in [4.69, 9.17) is 9.47 Å². The zero-order valence-electron chi connectivity index (χ0n) is 14.2. The quantitative estimate of drug-likeness (QED) is 0.785. The van der Waals surface area contributed by atoms with Crippen molar-refractivity contribution in [3.63, 3.8) is 0 Å². The minimum absolute atomic E-state index is 0.164. The number of rotatable bonds is 3. The van der Waals surface area contributed by atoms with Crippen LogP contribution in [-0.2, 0) is 4.79 Å². The van der Waals surface area contributed by atoms with Crippen LogP contribution in [0, 0.1) is 5.92 Å². The molecule has 24 heavy (non-hydrogen) atoms. The molecule has 128 valence electrons. The van der Waals surface area contributed by atoms with E-state index in [1.165, 1.54) is 18.2 Å². The molecule has 0 N–H and O–H groups in total. The summed E-state index contributed by atoms with van der Waals surface area (Å²) in [6.45, 7) is 4.20. The summed E-state index contributed by atoms with van der Waals surface area (Å²) < 4.78 is 10.6. The molecule has 0 aromatic heterocycles. The lowest BCUT2D eigenvalue weighted by molar-refractivity contribution is -0.113. The van der Waals surface area contributed by atoms with E-state index in [-0.39, 0.29) is 5.91 Å². The van der Waals surface area contributed by atoms with Gasteiger partial charge in [-0.3, -0.25) is 4.79 Å². The molecule has 2 heterocycles. The van der Waals surface area contributed by atoms with E-state index in [0.29, 0.717) is 22.3 Å². The summed E-state index contributed by atoms with van der Waals surface area (Å²) in [4.78, 5) is 19.4. The second-order valence-corrected chi connectivity index (χ2v) is 7.13. The Balaban J connectivity index is 1.77. The Morgan fingerprint density at radius 1 is 1.29 bits per heavy atom. The number of aliphatic imine (C=N–C) groups is 1. The Morgan fingerprint density at radius 2 is 2.08 bits per heavy atom. The molecule has 1 aromatic rings. The topological polar surface area (TPSA) is 51.1 Å². The van der Waals surface area contributed by atoms with Gasteiger partial charge in [-0.05, 0) is 54.3 Å². The van der Waals surface area contributed by atoms with Crippen LogP contribution >= 0.6 is 11.8 Å². The highest BCUT2D eigenvalue weighted by atomic mass is 32.2. The van der Waals surface area contributed by atoms with Crippen LogP contribution in [0.2, 0.25) is 0 Å². The van der Waals surface area contributed by atoms with Crippen LogP contribution < -0.4 is 9.47 Å². The van der Waals surface area contributed by atoms with E-state index >= 15 is 0 Å². The molecule has 0 saturated carbocycles. The Bertz CT molecular complexity index is 700. The van der Waals surface area contributed by atoms with Crippen LogP contribution in [0.5, 0.6) is 11.5 Å². The second kappa shape index (κ2) is 7.30. The number of nitrogens with zero attached hydrogens (tertiary/aromatic N) is 2. The van der Waals surface area contributed by atoms with E-state index in [1.807, 2.05) is 24.3 Å². The summed E-state index contributed by atoms with van der Waals surface area (Å²) in [5.41, 5.74) is 0.895. The third-order valence-corrected chi connectivity index (χ3v) is 5.29. The number of hydrogen-bond donors (Lipinski definition) is 0. The van der Waals surface area contributed by atoms with Gasteiger partial charge >= 0.3 is 0 Å². The molecule has 3 rings (SSSR count). The van der Waals surface area contributed by atoms with Crippen molar-refractivity contribution in [1.82, 2.24) is 4.90 Å². The molecule has 1 aromatic carbocycles. The molecule has 1 saturated heterocycles. The fourth-order valence-corrected chi connectivity index (χ4v) is 3.94. The highest BCUT2D eigenvalue weighted by Gasteiger charge is 2.28. The molecular weight excluding hydrogens is 324 g/mol. The van der Waals surface area contributed by atoms with Crippen LogP contribution in [0.25, 0.3) is 6.08 Å². The van der Waals surface area contributed by atoms with Gasteiger partial charge < -0.3 is 14.4 Å². The maximum atomic E-state index is 12.2. The monoisotopic (exact) mass is 346 g/mol. The molecule has 0 unspecified atom stereocenters. The van der Waals surface area contributed by atoms with Crippen LogP contribution in [0.3, 0.4) is 0 Å². The van der Waals surface area contributed by atoms with Crippen LogP contribution in [0.1, 0.15) is 25.3 Å². The van der Waals surface area contributed by atoms with Crippen molar-refractivity contribution in [1.29, 1.82) is 0 Å². The van der Waals surface area contributed by atoms with Gasteiger partial charge in [0.2, 0.25) is 0 Å². The van der Waals surface area contributed by atoms with Gasteiger partial charge in [-0.2, -0.15) is 4.99 Å². The van der Waals surface area contributed by atoms with Crippen molar-refractivity contribution in [2.45, 2.75) is 19.8 Å². The number of amides is 1. The largest absolute Gasteiger partial charge is 0.493 e. The van der Waals surface area contributed by atoms with Gasteiger partial charge in [0.25, 0.3) is 5.91 Å². The number of amidine groups is 1. The lowest BCUT2D eigenvalue weighted by Gasteiger charge is -2.31. The van der Waals surface area contributed by atoms with Gasteiger partial charge in [-0.15, -0.1) is 0 Å². The molecule has 0 aliphatic carbocycles. The maximum absolute atomic E-state index is 12.2. The van der Waals surface area contributed by atoms with Crippen LogP contribution in [0.15, 0.2) is 28.1 Å². The van der Waals surface area contributed by atoms with E-state index in [1.54, 1.807) is 14.2 Å². The summed E-state index contributed by atoms with van der Waals surface area (Å²) in [6.07, 6.45) is 4.26. The predicted octanol–water partition coefficient (Wildman–Crippen LogP) is 3.41. The Hall–Kier alpha value is -1.95. The molecule has 6 heteroatoms. The average Bonchev–Trinajstić information content (AvgIpc) is 2.95. The van der Waals surface area contributed by atoms with Crippen molar-refractivity contribution in [3.05, 3.63) is 28.7 Å². The predicted molar refractivity (Wildman–Crippen MR) is 97.5 cm³/mol. The van der Waals surface area contributed by atoms with Crippen molar-refractivity contribution < 1.29 is 14.3 Å². The first-order valence-electron chi connectivity index (χ1n) is 8.10. The van der Waals surface area contributed by atoms with Crippen molar-refractivity contribution in [2.24, 2.45) is 10.9 Å². The normalized spacial score (nSPS) is 22.7. The molecule has 0 radical (unpaired) electrons. The van der Waals surface area contributed by atoms with Gasteiger partial charge in [-0.25, -0.2) is 0 Å². The molecule has 0 spiro atoms. The zero-order valence-corrected chi connectivity index (χ0v) is 15.1. The van der Waals surface area contributed by atoms with Crippen molar-refractivity contribution in [3.8, 4) is 11.5 Å². The van der Waals surface area contributed by atoms with E-state index < -0.39 is 0 Å². The van der Waals surface area contributed by atoms with Gasteiger partial charge in [0.1, 0.15) is 0 Å². The standard InChI is InChI=1S/C18H22N2O3S/c1-12-5-4-8-20(11-12)18-19-17(21)16(24-18)10-13-6-7-14(22-2)15(9-13)23-3/h6-7,9-10,12H,4-5,8,11H2,1-3H3/b16-10-/t12-/m1/s1. The summed E-state index contributed by atoms with van der Waals surface area (Å²) in [7, 11) is 3.20. The number of ether oxygens (including phenoxy) is 2. The van der Waals surface area contributed by atoms with Gasteiger partial charge in [0.15, 0.2) is 16.7 Å². The molecule has 0 bridgehead atoms.